The maximum Gasteiger partial charge on any atom is 0.257 e. The number of pyridine rings is 1. The summed E-state index contributed by atoms with van der Waals surface area (Å²) in [7, 11) is 0. The number of anilines is 2. The zero-order valence-electron chi connectivity index (χ0n) is 17.4. The van der Waals surface area contributed by atoms with E-state index < -0.39 is 6.10 Å². The van der Waals surface area contributed by atoms with Crippen LogP contribution in [-0.2, 0) is 0 Å². The predicted molar refractivity (Wildman–Crippen MR) is 118 cm³/mol. The first-order valence-corrected chi connectivity index (χ1v) is 11.2. The molecule has 6 nitrogen and oxygen atoms in total. The SMILES string of the molecule is O=C(Nc1ccc(O[C@@H]2CCCC[C@H]2O)cc1)c1ccc(N2CCCCCC2)nc1. The van der Waals surface area contributed by atoms with Gasteiger partial charge in [0.25, 0.3) is 5.91 Å². The Bertz CT molecular complexity index is 815. The van der Waals surface area contributed by atoms with Crippen LogP contribution in [0.15, 0.2) is 42.6 Å². The van der Waals surface area contributed by atoms with Gasteiger partial charge in [-0.1, -0.05) is 19.3 Å². The van der Waals surface area contributed by atoms with Gasteiger partial charge in [-0.2, -0.15) is 0 Å². The lowest BCUT2D eigenvalue weighted by atomic mass is 9.95. The lowest BCUT2D eigenvalue weighted by Crippen LogP contribution is -2.34. The third kappa shape index (κ3) is 5.30. The molecule has 2 N–H and O–H groups in total. The van der Waals surface area contributed by atoms with Gasteiger partial charge in [-0.15, -0.1) is 0 Å². The highest BCUT2D eigenvalue weighted by atomic mass is 16.5. The summed E-state index contributed by atoms with van der Waals surface area (Å²) in [5.74, 6) is 1.48. The summed E-state index contributed by atoms with van der Waals surface area (Å²) >= 11 is 0. The topological polar surface area (TPSA) is 74.7 Å². The number of aliphatic hydroxyl groups excluding tert-OH is 1. The first kappa shape index (κ1) is 20.7. The molecule has 1 aromatic carbocycles. The average molecular weight is 410 g/mol. The molecule has 2 aromatic rings. The van der Waals surface area contributed by atoms with Gasteiger partial charge in [0.2, 0.25) is 0 Å². The van der Waals surface area contributed by atoms with Crippen molar-refractivity contribution < 1.29 is 14.6 Å². The number of aliphatic hydroxyl groups is 1. The van der Waals surface area contributed by atoms with Crippen molar-refractivity contribution in [1.82, 2.24) is 4.98 Å². The van der Waals surface area contributed by atoms with Gasteiger partial charge in [0.05, 0.1) is 11.7 Å². The number of hydrogen-bond acceptors (Lipinski definition) is 5. The van der Waals surface area contributed by atoms with Gasteiger partial charge < -0.3 is 20.1 Å². The normalized spacial score (nSPS) is 22.2. The Hall–Kier alpha value is -2.60. The first-order chi connectivity index (χ1) is 14.7. The molecule has 6 heteroatoms. The average Bonchev–Trinajstić information content (AvgIpc) is 3.06. The van der Waals surface area contributed by atoms with Crippen molar-refractivity contribution in [3.05, 3.63) is 48.2 Å². The minimum atomic E-state index is -0.400. The molecule has 0 spiro atoms. The van der Waals surface area contributed by atoms with E-state index in [4.69, 9.17) is 4.74 Å². The Morgan fingerprint density at radius 1 is 0.967 bits per heavy atom. The number of aromatic nitrogens is 1. The van der Waals surface area contributed by atoms with Crippen LogP contribution < -0.4 is 15.0 Å². The maximum absolute atomic E-state index is 12.6. The van der Waals surface area contributed by atoms with Crippen LogP contribution in [-0.4, -0.2) is 41.3 Å². The zero-order valence-corrected chi connectivity index (χ0v) is 17.4. The number of carbonyl (C=O) groups is 1. The molecule has 1 saturated carbocycles. The summed E-state index contributed by atoms with van der Waals surface area (Å²) in [6.45, 7) is 2.07. The molecule has 1 aliphatic heterocycles. The summed E-state index contributed by atoms with van der Waals surface area (Å²) in [5.41, 5.74) is 1.24. The smallest absolute Gasteiger partial charge is 0.257 e. The maximum atomic E-state index is 12.6. The number of hydrogen-bond donors (Lipinski definition) is 2. The van der Waals surface area contributed by atoms with Crippen LogP contribution in [0.2, 0.25) is 0 Å². The highest BCUT2D eigenvalue weighted by molar-refractivity contribution is 6.04. The molecule has 0 radical (unpaired) electrons. The van der Waals surface area contributed by atoms with Gasteiger partial charge in [-0.3, -0.25) is 4.79 Å². The highest BCUT2D eigenvalue weighted by Gasteiger charge is 2.24. The third-order valence-electron chi connectivity index (χ3n) is 6.01. The zero-order chi connectivity index (χ0) is 20.8. The summed E-state index contributed by atoms with van der Waals surface area (Å²) in [6.07, 6.45) is 9.87. The minimum Gasteiger partial charge on any atom is -0.488 e. The van der Waals surface area contributed by atoms with Gasteiger partial charge in [0.15, 0.2) is 0 Å². The number of nitrogens with zero attached hydrogens (tertiary/aromatic N) is 2. The minimum absolute atomic E-state index is 0.145. The molecule has 1 aromatic heterocycles. The van der Waals surface area contributed by atoms with Crippen LogP contribution in [0, 0.1) is 0 Å². The van der Waals surface area contributed by atoms with E-state index >= 15 is 0 Å². The van der Waals surface area contributed by atoms with Crippen molar-refractivity contribution >= 4 is 17.4 Å². The van der Waals surface area contributed by atoms with E-state index in [1.807, 2.05) is 36.4 Å². The van der Waals surface area contributed by atoms with Crippen molar-refractivity contribution in [2.45, 2.75) is 63.6 Å². The molecule has 0 bridgehead atoms. The lowest BCUT2D eigenvalue weighted by molar-refractivity contribution is 0.00688. The number of nitrogens with one attached hydrogen (secondary N) is 1. The number of benzene rings is 1. The van der Waals surface area contributed by atoms with Crippen molar-refractivity contribution in [1.29, 1.82) is 0 Å². The van der Waals surface area contributed by atoms with Gasteiger partial charge in [0.1, 0.15) is 17.7 Å². The number of ether oxygens (including phenoxy) is 1. The Morgan fingerprint density at radius 3 is 2.37 bits per heavy atom. The summed E-state index contributed by atoms with van der Waals surface area (Å²) in [5, 5.41) is 13.0. The summed E-state index contributed by atoms with van der Waals surface area (Å²) in [6, 6.07) is 11.1. The largest absolute Gasteiger partial charge is 0.488 e. The lowest BCUT2D eigenvalue weighted by Gasteiger charge is -2.28. The Balaban J connectivity index is 1.33. The molecule has 2 atom stereocenters. The van der Waals surface area contributed by atoms with E-state index in [1.165, 1.54) is 25.7 Å². The van der Waals surface area contributed by atoms with Crippen LogP contribution in [0.4, 0.5) is 11.5 Å². The molecule has 4 rings (SSSR count). The summed E-state index contributed by atoms with van der Waals surface area (Å²) in [4.78, 5) is 19.4. The van der Waals surface area contributed by atoms with Crippen LogP contribution in [0.25, 0.3) is 0 Å². The molecule has 1 aliphatic carbocycles. The number of carbonyl (C=O) groups excluding carboxylic acids is 1. The van der Waals surface area contributed by atoms with E-state index in [1.54, 1.807) is 6.20 Å². The Labute approximate surface area is 178 Å². The second-order valence-electron chi connectivity index (χ2n) is 8.29. The second kappa shape index (κ2) is 9.94. The molecule has 2 heterocycles. The fraction of sp³-hybridized carbons (Fsp3) is 0.500. The second-order valence-corrected chi connectivity index (χ2v) is 8.29. The molecular formula is C24H31N3O3. The molecule has 0 unspecified atom stereocenters. The highest BCUT2D eigenvalue weighted by Crippen LogP contribution is 2.25. The van der Waals surface area contributed by atoms with Gasteiger partial charge in [-0.05, 0) is 68.5 Å². The first-order valence-electron chi connectivity index (χ1n) is 11.2. The molecular weight excluding hydrogens is 378 g/mol. The van der Waals surface area contributed by atoms with Crippen LogP contribution in [0.5, 0.6) is 5.75 Å². The fourth-order valence-corrected chi connectivity index (χ4v) is 4.22. The standard InChI is InChI=1S/C24H31N3O3/c28-21-7-3-4-8-22(21)30-20-12-10-19(11-13-20)26-24(29)18-9-14-23(25-17-18)27-15-5-1-2-6-16-27/h9-14,17,21-22,28H,1-8,15-16H2,(H,26,29)/t21-,22-/m1/s1. The Kier molecular flexibility index (Phi) is 6.84. The molecule has 2 fully saturated rings. The summed E-state index contributed by atoms with van der Waals surface area (Å²) < 4.78 is 5.91. The van der Waals surface area contributed by atoms with Crippen LogP contribution >= 0.6 is 0 Å². The van der Waals surface area contributed by atoms with Crippen molar-refractivity contribution in [3.63, 3.8) is 0 Å². The van der Waals surface area contributed by atoms with E-state index in [0.717, 1.165) is 44.6 Å². The van der Waals surface area contributed by atoms with Crippen molar-refractivity contribution in [2.75, 3.05) is 23.3 Å². The van der Waals surface area contributed by atoms with E-state index in [-0.39, 0.29) is 12.0 Å². The molecule has 160 valence electrons. The van der Waals surface area contributed by atoms with E-state index in [2.05, 4.69) is 15.2 Å². The van der Waals surface area contributed by atoms with Crippen molar-refractivity contribution in [3.8, 4) is 5.75 Å². The van der Waals surface area contributed by atoms with Gasteiger partial charge in [0, 0.05) is 25.0 Å². The van der Waals surface area contributed by atoms with E-state index in [9.17, 15) is 9.90 Å². The molecule has 1 saturated heterocycles. The van der Waals surface area contributed by atoms with Crippen LogP contribution in [0.3, 0.4) is 0 Å². The molecule has 2 aliphatic rings. The van der Waals surface area contributed by atoms with Gasteiger partial charge >= 0.3 is 0 Å². The predicted octanol–water partition coefficient (Wildman–Crippen LogP) is 4.40. The van der Waals surface area contributed by atoms with Crippen molar-refractivity contribution in [2.24, 2.45) is 0 Å². The Morgan fingerprint density at radius 2 is 1.70 bits per heavy atom. The number of amides is 1. The monoisotopic (exact) mass is 409 g/mol. The fourth-order valence-electron chi connectivity index (χ4n) is 4.22. The van der Waals surface area contributed by atoms with Crippen LogP contribution in [0.1, 0.15) is 61.7 Å². The number of rotatable bonds is 5. The third-order valence-corrected chi connectivity index (χ3v) is 6.01. The molecule has 1 amide bonds. The molecule has 30 heavy (non-hydrogen) atoms. The van der Waals surface area contributed by atoms with E-state index in [0.29, 0.717) is 17.0 Å². The van der Waals surface area contributed by atoms with Gasteiger partial charge in [-0.25, -0.2) is 4.98 Å². The quantitative estimate of drug-likeness (QED) is 0.766.